The molecule has 2 aliphatic rings. The number of nitrogens with zero attached hydrogens (tertiary/aromatic N) is 5. The molecule has 242 valence electrons. The van der Waals surface area contributed by atoms with E-state index in [-0.39, 0.29) is 11.3 Å². The van der Waals surface area contributed by atoms with E-state index in [9.17, 15) is 31.1 Å². The summed E-state index contributed by atoms with van der Waals surface area (Å²) in [5.74, 6) is -4.17. The second kappa shape index (κ2) is 15.0. The summed E-state index contributed by atoms with van der Waals surface area (Å²) in [6, 6.07) is 4.47. The number of aromatic nitrogens is 3. The van der Waals surface area contributed by atoms with Crippen molar-refractivity contribution in [2.24, 2.45) is 5.41 Å². The molecule has 3 N–H and O–H groups in total. The number of fused-ring (bicyclic) bond motifs is 1. The summed E-state index contributed by atoms with van der Waals surface area (Å²) >= 11 is 1.90. The number of carboxylic acid groups (broad SMARTS) is 2. The van der Waals surface area contributed by atoms with Crippen LogP contribution in [0.25, 0.3) is 0 Å². The van der Waals surface area contributed by atoms with E-state index in [1.165, 1.54) is 22.6 Å². The highest BCUT2D eigenvalue weighted by Crippen LogP contribution is 2.41. The molecular formula is C25H34F6N6O5S. The zero-order valence-corrected chi connectivity index (χ0v) is 24.6. The van der Waals surface area contributed by atoms with Crippen molar-refractivity contribution in [2.45, 2.75) is 58.0 Å². The average molecular weight is 645 g/mol. The third-order valence-electron chi connectivity index (χ3n) is 6.82. The molecule has 2 aromatic heterocycles. The van der Waals surface area contributed by atoms with Gasteiger partial charge in [-0.2, -0.15) is 26.3 Å². The van der Waals surface area contributed by atoms with Gasteiger partial charge in [-0.1, -0.05) is 0 Å². The van der Waals surface area contributed by atoms with Crippen molar-refractivity contribution in [3.05, 3.63) is 33.5 Å². The minimum atomic E-state index is -5.08. The number of halogens is 6. The fourth-order valence-corrected chi connectivity index (χ4v) is 5.43. The van der Waals surface area contributed by atoms with Crippen molar-refractivity contribution in [1.29, 1.82) is 0 Å². The van der Waals surface area contributed by atoms with Gasteiger partial charge in [0.05, 0.1) is 0 Å². The molecule has 1 fully saturated rings. The zero-order chi connectivity index (χ0) is 32.6. The summed E-state index contributed by atoms with van der Waals surface area (Å²) in [5, 5.41) is 25.8. The number of likely N-dealkylation sites (N-methyl/N-ethyl adjacent to an activating group) is 1. The van der Waals surface area contributed by atoms with E-state index in [1.54, 1.807) is 0 Å². The van der Waals surface area contributed by atoms with Crippen molar-refractivity contribution in [2.75, 3.05) is 40.3 Å². The van der Waals surface area contributed by atoms with Crippen LogP contribution in [0.3, 0.4) is 0 Å². The molecule has 4 heterocycles. The SMILES string of the molecule is Cc1ccc(CN2CCC3(CCc4nnc(C(=O)NCCN(C)C)n4C3)CC2)s1.O=C(O)C(F)(F)F.O=C(O)C(F)(F)F. The number of amides is 1. The molecular weight excluding hydrogens is 610 g/mol. The number of alkyl halides is 6. The van der Waals surface area contributed by atoms with Crippen LogP contribution in [0.5, 0.6) is 0 Å². The number of hydrogen-bond acceptors (Lipinski definition) is 8. The Hall–Kier alpha value is -3.25. The van der Waals surface area contributed by atoms with Crippen molar-refractivity contribution in [1.82, 2.24) is 29.9 Å². The Balaban J connectivity index is 0.000000384. The first-order chi connectivity index (χ1) is 19.8. The lowest BCUT2D eigenvalue weighted by Gasteiger charge is -2.44. The lowest BCUT2D eigenvalue weighted by atomic mass is 9.73. The van der Waals surface area contributed by atoms with Crippen LogP contribution in [-0.4, -0.2) is 105 Å². The molecule has 0 saturated carbocycles. The lowest BCUT2D eigenvalue weighted by molar-refractivity contribution is -0.193. The van der Waals surface area contributed by atoms with Gasteiger partial charge in [-0.15, -0.1) is 21.5 Å². The topological polar surface area (TPSA) is 141 Å². The Morgan fingerprint density at radius 2 is 1.56 bits per heavy atom. The predicted molar refractivity (Wildman–Crippen MR) is 143 cm³/mol. The first-order valence-electron chi connectivity index (χ1n) is 13.1. The number of aliphatic carboxylic acids is 2. The summed E-state index contributed by atoms with van der Waals surface area (Å²) < 4.78 is 65.6. The number of piperidine rings is 1. The average Bonchev–Trinajstić information content (AvgIpc) is 3.50. The second-order valence-electron chi connectivity index (χ2n) is 10.5. The first-order valence-corrected chi connectivity index (χ1v) is 13.9. The van der Waals surface area contributed by atoms with E-state index in [0.717, 1.165) is 51.4 Å². The Morgan fingerprint density at radius 3 is 2.02 bits per heavy atom. The van der Waals surface area contributed by atoms with Gasteiger partial charge < -0.3 is 25.0 Å². The van der Waals surface area contributed by atoms with E-state index in [2.05, 4.69) is 48.9 Å². The van der Waals surface area contributed by atoms with Gasteiger partial charge >= 0.3 is 24.3 Å². The van der Waals surface area contributed by atoms with Crippen LogP contribution in [0.4, 0.5) is 26.3 Å². The van der Waals surface area contributed by atoms with Gasteiger partial charge in [0.2, 0.25) is 5.82 Å². The summed E-state index contributed by atoms with van der Waals surface area (Å²) in [6.07, 6.45) is -5.74. The molecule has 1 saturated heterocycles. The minimum Gasteiger partial charge on any atom is -0.475 e. The summed E-state index contributed by atoms with van der Waals surface area (Å²) in [5.41, 5.74) is 0.274. The number of thiophene rings is 1. The molecule has 11 nitrogen and oxygen atoms in total. The number of carbonyl (C=O) groups is 3. The van der Waals surface area contributed by atoms with Crippen molar-refractivity contribution in [3.63, 3.8) is 0 Å². The van der Waals surface area contributed by atoms with Gasteiger partial charge in [0.15, 0.2) is 0 Å². The quantitative estimate of drug-likeness (QED) is 0.404. The number of aryl methyl sites for hydroxylation is 2. The zero-order valence-electron chi connectivity index (χ0n) is 23.8. The van der Waals surface area contributed by atoms with E-state index in [4.69, 9.17) is 19.8 Å². The minimum absolute atomic E-state index is 0.104. The van der Waals surface area contributed by atoms with Gasteiger partial charge in [-0.05, 0) is 70.9 Å². The molecule has 2 aliphatic heterocycles. The van der Waals surface area contributed by atoms with Gasteiger partial charge in [0.25, 0.3) is 5.91 Å². The number of nitrogens with one attached hydrogen (secondary N) is 1. The molecule has 0 aliphatic carbocycles. The van der Waals surface area contributed by atoms with Crippen molar-refractivity contribution < 1.29 is 50.9 Å². The van der Waals surface area contributed by atoms with Gasteiger partial charge in [-0.3, -0.25) is 9.69 Å². The maximum atomic E-state index is 12.6. The number of likely N-dealkylation sites (tertiary alicyclic amines) is 1. The standard InChI is InChI=1S/C21H32N6OS.2C2HF3O2/c1-16-4-5-17(29-16)14-26-11-8-21(9-12-26)7-6-18-23-24-19(27(18)15-21)20(28)22-10-13-25(2)3;2*3-2(4,5)1(6)7/h4-5H,6-15H2,1-3H3,(H,22,28);2*(H,6,7). The predicted octanol–water partition coefficient (Wildman–Crippen LogP) is 3.43. The highest BCUT2D eigenvalue weighted by Gasteiger charge is 2.40. The molecule has 0 radical (unpaired) electrons. The summed E-state index contributed by atoms with van der Waals surface area (Å²) in [6.45, 7) is 7.79. The van der Waals surface area contributed by atoms with Crippen molar-refractivity contribution >= 4 is 29.2 Å². The normalized spacial score (nSPS) is 16.4. The lowest BCUT2D eigenvalue weighted by Crippen LogP contribution is -2.45. The molecule has 2 aromatic rings. The van der Waals surface area contributed by atoms with Crippen LogP contribution in [0.2, 0.25) is 0 Å². The Bertz CT molecular complexity index is 1210. The van der Waals surface area contributed by atoms with E-state index in [0.29, 0.717) is 12.4 Å². The molecule has 0 bridgehead atoms. The Morgan fingerprint density at radius 1 is 1.00 bits per heavy atom. The van der Waals surface area contributed by atoms with Gasteiger partial charge in [0.1, 0.15) is 5.82 Å². The maximum absolute atomic E-state index is 12.6. The maximum Gasteiger partial charge on any atom is 0.490 e. The molecule has 0 atom stereocenters. The van der Waals surface area contributed by atoms with E-state index in [1.807, 2.05) is 25.4 Å². The first kappa shape index (κ1) is 35.9. The fraction of sp³-hybridized carbons (Fsp3) is 0.640. The van der Waals surface area contributed by atoms with E-state index >= 15 is 0 Å². The molecule has 18 heteroatoms. The van der Waals surface area contributed by atoms with Gasteiger partial charge in [0, 0.05) is 42.4 Å². The number of carbonyl (C=O) groups excluding carboxylic acids is 1. The molecule has 0 aromatic carbocycles. The molecule has 43 heavy (non-hydrogen) atoms. The number of rotatable bonds is 6. The largest absolute Gasteiger partial charge is 0.490 e. The van der Waals surface area contributed by atoms with Crippen LogP contribution in [0, 0.1) is 12.3 Å². The van der Waals surface area contributed by atoms with Crippen LogP contribution >= 0.6 is 11.3 Å². The van der Waals surface area contributed by atoms with Crippen LogP contribution in [0.1, 0.15) is 45.5 Å². The third kappa shape index (κ3) is 11.4. The number of hydrogen-bond donors (Lipinski definition) is 3. The molecule has 1 spiro atoms. The second-order valence-corrected chi connectivity index (χ2v) is 11.9. The van der Waals surface area contributed by atoms with Crippen LogP contribution in [0.15, 0.2) is 12.1 Å². The smallest absolute Gasteiger partial charge is 0.475 e. The third-order valence-corrected chi connectivity index (χ3v) is 7.81. The van der Waals surface area contributed by atoms with Crippen LogP contribution in [-0.2, 0) is 29.1 Å². The summed E-state index contributed by atoms with van der Waals surface area (Å²) in [7, 11) is 4.00. The Labute approximate surface area is 247 Å². The van der Waals surface area contributed by atoms with Gasteiger partial charge in [-0.25, -0.2) is 9.59 Å². The molecule has 0 unspecified atom stereocenters. The molecule has 4 rings (SSSR count). The highest BCUT2D eigenvalue weighted by atomic mass is 32.1. The number of carboxylic acids is 2. The summed E-state index contributed by atoms with van der Waals surface area (Å²) in [4.78, 5) is 37.9. The fourth-order valence-electron chi connectivity index (χ4n) is 4.50. The van der Waals surface area contributed by atoms with Crippen molar-refractivity contribution in [3.8, 4) is 0 Å². The monoisotopic (exact) mass is 644 g/mol. The molecule has 1 amide bonds. The van der Waals surface area contributed by atoms with E-state index < -0.39 is 24.3 Å². The van der Waals surface area contributed by atoms with Crippen LogP contribution < -0.4 is 5.32 Å². The Kier molecular flexibility index (Phi) is 12.5. The highest BCUT2D eigenvalue weighted by molar-refractivity contribution is 7.11.